The third-order valence-corrected chi connectivity index (χ3v) is 8.77. The van der Waals surface area contributed by atoms with Gasteiger partial charge in [-0.05, 0) is 110 Å². The van der Waals surface area contributed by atoms with Crippen LogP contribution in [0.1, 0.15) is 5.56 Å². The highest BCUT2D eigenvalue weighted by Gasteiger charge is 2.15. The Hall–Kier alpha value is -5.66. The number of nitrogens with zero attached hydrogens (tertiary/aromatic N) is 1. The smallest absolute Gasteiger partial charge is 0.0464 e. The molecule has 0 aliphatic heterocycles. The molecule has 0 aromatic heterocycles. The van der Waals surface area contributed by atoms with Gasteiger partial charge in [-0.25, -0.2) is 0 Å². The minimum absolute atomic E-state index is 1.13. The van der Waals surface area contributed by atoms with Crippen molar-refractivity contribution in [3.8, 4) is 22.3 Å². The first-order chi connectivity index (χ1) is 21.7. The fourth-order valence-electron chi connectivity index (χ4n) is 6.64. The van der Waals surface area contributed by atoms with E-state index < -0.39 is 0 Å². The van der Waals surface area contributed by atoms with Crippen molar-refractivity contribution in [2.24, 2.45) is 0 Å². The lowest BCUT2D eigenvalue weighted by Gasteiger charge is -2.26. The molecule has 0 unspecified atom stereocenters. The summed E-state index contributed by atoms with van der Waals surface area (Å²) in [7, 11) is 0. The Morgan fingerprint density at radius 3 is 1.39 bits per heavy atom. The number of fused-ring (bicyclic) bond motifs is 6. The predicted molar refractivity (Wildman–Crippen MR) is 189 cm³/mol. The van der Waals surface area contributed by atoms with Crippen molar-refractivity contribution in [3.63, 3.8) is 0 Å². The summed E-state index contributed by atoms with van der Waals surface area (Å²) in [6, 6.07) is 61.4. The summed E-state index contributed by atoms with van der Waals surface area (Å²) in [6.45, 7) is 2.23. The van der Waals surface area contributed by atoms with Crippen molar-refractivity contribution in [2.45, 2.75) is 6.92 Å². The Morgan fingerprint density at radius 2 is 0.773 bits per heavy atom. The van der Waals surface area contributed by atoms with Crippen LogP contribution in [0.4, 0.5) is 17.1 Å². The van der Waals surface area contributed by atoms with E-state index in [4.69, 9.17) is 0 Å². The Morgan fingerprint density at radius 1 is 0.318 bits per heavy atom. The highest BCUT2D eigenvalue weighted by Crippen LogP contribution is 2.40. The maximum atomic E-state index is 2.38. The second-order valence-electron chi connectivity index (χ2n) is 11.4. The molecule has 0 N–H and O–H groups in total. The Balaban J connectivity index is 1.23. The number of hydrogen-bond donors (Lipinski definition) is 0. The molecule has 0 aliphatic rings. The summed E-state index contributed by atoms with van der Waals surface area (Å²) in [4.78, 5) is 2.34. The summed E-state index contributed by atoms with van der Waals surface area (Å²) in [5.74, 6) is 0. The molecule has 0 bridgehead atoms. The lowest BCUT2D eigenvalue weighted by molar-refractivity contribution is 1.27. The van der Waals surface area contributed by atoms with Crippen molar-refractivity contribution >= 4 is 49.4 Å². The maximum absolute atomic E-state index is 2.38. The summed E-state index contributed by atoms with van der Waals surface area (Å²) in [5.41, 5.74) is 9.58. The van der Waals surface area contributed by atoms with Crippen molar-refractivity contribution in [2.75, 3.05) is 4.90 Å². The summed E-state index contributed by atoms with van der Waals surface area (Å²) in [5, 5.41) is 7.80. The molecule has 0 atom stereocenters. The van der Waals surface area contributed by atoms with Crippen molar-refractivity contribution in [3.05, 3.63) is 175 Å². The van der Waals surface area contributed by atoms with E-state index in [1.807, 2.05) is 0 Å². The van der Waals surface area contributed by atoms with Gasteiger partial charge >= 0.3 is 0 Å². The molecular formula is C43H31N. The van der Waals surface area contributed by atoms with E-state index in [1.165, 1.54) is 60.1 Å². The van der Waals surface area contributed by atoms with Gasteiger partial charge in [0, 0.05) is 17.1 Å². The highest BCUT2D eigenvalue weighted by molar-refractivity contribution is 6.25. The van der Waals surface area contributed by atoms with E-state index in [9.17, 15) is 0 Å². The van der Waals surface area contributed by atoms with Crippen LogP contribution in [0.25, 0.3) is 54.6 Å². The van der Waals surface area contributed by atoms with E-state index in [-0.39, 0.29) is 0 Å². The molecule has 1 nitrogen and oxygen atoms in total. The molecule has 8 rings (SSSR count). The van der Waals surface area contributed by atoms with Crippen LogP contribution in [0.2, 0.25) is 0 Å². The quantitative estimate of drug-likeness (QED) is 0.189. The monoisotopic (exact) mass is 561 g/mol. The molecule has 0 fully saturated rings. The molecule has 8 aromatic carbocycles. The van der Waals surface area contributed by atoms with Crippen molar-refractivity contribution in [1.82, 2.24) is 0 Å². The van der Waals surface area contributed by atoms with E-state index in [0.717, 1.165) is 17.1 Å². The number of rotatable bonds is 5. The molecule has 208 valence electrons. The highest BCUT2D eigenvalue weighted by atomic mass is 15.1. The van der Waals surface area contributed by atoms with Crippen LogP contribution in [0.15, 0.2) is 170 Å². The molecule has 0 heterocycles. The van der Waals surface area contributed by atoms with Gasteiger partial charge in [0.05, 0.1) is 0 Å². The lowest BCUT2D eigenvalue weighted by atomic mass is 9.91. The molecule has 0 spiro atoms. The first kappa shape index (κ1) is 26.0. The second kappa shape index (κ2) is 10.9. The average Bonchev–Trinajstić information content (AvgIpc) is 3.10. The number of para-hydroxylation sites is 1. The zero-order valence-corrected chi connectivity index (χ0v) is 24.6. The number of aryl methyl sites for hydroxylation is 1. The molecule has 0 amide bonds. The van der Waals surface area contributed by atoms with Crippen LogP contribution >= 0.6 is 0 Å². The Kier molecular flexibility index (Phi) is 6.43. The van der Waals surface area contributed by atoms with E-state index in [2.05, 4.69) is 182 Å². The average molecular weight is 562 g/mol. The molecule has 44 heavy (non-hydrogen) atoms. The van der Waals surface area contributed by atoms with E-state index >= 15 is 0 Å². The fraction of sp³-hybridized carbons (Fsp3) is 0.0233. The van der Waals surface area contributed by atoms with Gasteiger partial charge < -0.3 is 4.90 Å². The normalized spacial score (nSPS) is 11.3. The number of anilines is 3. The first-order valence-electron chi connectivity index (χ1n) is 15.2. The molecule has 0 saturated carbocycles. The molecule has 0 aliphatic carbocycles. The summed E-state index contributed by atoms with van der Waals surface area (Å²) in [6.07, 6.45) is 0. The SMILES string of the molecule is Cc1cc(N(c2ccccc2)c2ccc(-c3ccccc3)cc2)ccc1-c1ccc2c3ccccc3c3ccccc3c2c1. The van der Waals surface area contributed by atoms with Gasteiger partial charge in [0.25, 0.3) is 0 Å². The van der Waals surface area contributed by atoms with E-state index in [0.29, 0.717) is 0 Å². The standard InChI is InChI=1S/C43H31N/c1-30-28-36(44(34-14-6-3-7-15-34)35-23-20-32(21-24-35)31-12-4-2-5-13-31)25-27-37(30)33-22-26-42-40-18-9-8-16-38(40)39-17-10-11-19-41(39)43(42)29-33/h2-29H,1H3. The van der Waals surface area contributed by atoms with Crippen LogP contribution < -0.4 is 4.90 Å². The van der Waals surface area contributed by atoms with Gasteiger partial charge in [0.1, 0.15) is 0 Å². The minimum atomic E-state index is 1.13. The van der Waals surface area contributed by atoms with Gasteiger partial charge in [-0.15, -0.1) is 0 Å². The van der Waals surface area contributed by atoms with Gasteiger partial charge in [-0.2, -0.15) is 0 Å². The van der Waals surface area contributed by atoms with Gasteiger partial charge in [0.2, 0.25) is 0 Å². The van der Waals surface area contributed by atoms with Crippen molar-refractivity contribution < 1.29 is 0 Å². The molecule has 0 saturated heterocycles. The Labute approximate surface area is 258 Å². The summed E-state index contributed by atoms with van der Waals surface area (Å²) < 4.78 is 0. The van der Waals surface area contributed by atoms with E-state index in [1.54, 1.807) is 0 Å². The molecule has 0 radical (unpaired) electrons. The van der Waals surface area contributed by atoms with Gasteiger partial charge in [-0.1, -0.05) is 127 Å². The topological polar surface area (TPSA) is 3.24 Å². The fourth-order valence-corrected chi connectivity index (χ4v) is 6.64. The minimum Gasteiger partial charge on any atom is -0.310 e. The van der Waals surface area contributed by atoms with Crippen molar-refractivity contribution in [1.29, 1.82) is 0 Å². The van der Waals surface area contributed by atoms with Crippen LogP contribution in [-0.4, -0.2) is 0 Å². The van der Waals surface area contributed by atoms with Gasteiger partial charge in [0.15, 0.2) is 0 Å². The Bertz CT molecular complexity index is 2230. The number of benzene rings is 8. The second-order valence-corrected chi connectivity index (χ2v) is 11.4. The zero-order valence-electron chi connectivity index (χ0n) is 24.6. The zero-order chi connectivity index (χ0) is 29.5. The maximum Gasteiger partial charge on any atom is 0.0464 e. The van der Waals surface area contributed by atoms with Crippen LogP contribution in [-0.2, 0) is 0 Å². The third kappa shape index (κ3) is 4.51. The lowest BCUT2D eigenvalue weighted by Crippen LogP contribution is -2.10. The molecular weight excluding hydrogens is 530 g/mol. The summed E-state index contributed by atoms with van der Waals surface area (Å²) >= 11 is 0. The molecule has 8 aromatic rings. The predicted octanol–water partition coefficient (Wildman–Crippen LogP) is 12.3. The molecule has 1 heteroatoms. The van der Waals surface area contributed by atoms with Crippen LogP contribution in [0.5, 0.6) is 0 Å². The van der Waals surface area contributed by atoms with Gasteiger partial charge in [-0.3, -0.25) is 0 Å². The first-order valence-corrected chi connectivity index (χ1v) is 15.2. The number of hydrogen-bond acceptors (Lipinski definition) is 1. The van der Waals surface area contributed by atoms with Crippen LogP contribution in [0, 0.1) is 6.92 Å². The third-order valence-electron chi connectivity index (χ3n) is 8.77. The largest absolute Gasteiger partial charge is 0.310 e. The van der Waals surface area contributed by atoms with Crippen LogP contribution in [0.3, 0.4) is 0 Å².